The zero-order valence-electron chi connectivity index (χ0n) is 13.8. The number of amides is 1. The van der Waals surface area contributed by atoms with E-state index < -0.39 is 6.10 Å². The van der Waals surface area contributed by atoms with Crippen molar-refractivity contribution in [3.63, 3.8) is 0 Å². The van der Waals surface area contributed by atoms with Gasteiger partial charge in [0.2, 0.25) is 0 Å². The highest BCUT2D eigenvalue weighted by molar-refractivity contribution is 7.12. The number of rotatable bonds is 5. The van der Waals surface area contributed by atoms with E-state index in [1.165, 1.54) is 11.3 Å². The lowest BCUT2D eigenvalue weighted by Crippen LogP contribution is -2.40. The normalized spacial score (nSPS) is 19.8. The van der Waals surface area contributed by atoms with Crippen LogP contribution >= 0.6 is 11.3 Å². The Labute approximate surface area is 145 Å². The van der Waals surface area contributed by atoms with Crippen LogP contribution in [0, 0.1) is 0 Å². The molecule has 2 aromatic rings. The molecule has 2 atom stereocenters. The van der Waals surface area contributed by atoms with Crippen molar-refractivity contribution in [3.05, 3.63) is 40.5 Å². The second-order valence-electron chi connectivity index (χ2n) is 6.09. The first-order chi connectivity index (χ1) is 11.7. The van der Waals surface area contributed by atoms with E-state index in [9.17, 15) is 9.90 Å². The fourth-order valence-electron chi connectivity index (χ4n) is 3.29. The molecular weight excluding hydrogens is 326 g/mol. The Hall–Kier alpha value is -1.79. The molecule has 1 N–H and O–H groups in total. The first kappa shape index (κ1) is 17.0. The van der Waals surface area contributed by atoms with Crippen LogP contribution in [0.1, 0.15) is 53.6 Å². The SMILES string of the molecule is COc1ccsc1C(=O)N1CCCCC[C@H]1C[C@H](O)c1ccco1. The molecule has 1 aliphatic heterocycles. The Balaban J connectivity index is 1.78. The van der Waals surface area contributed by atoms with Gasteiger partial charge in [0, 0.05) is 19.0 Å². The summed E-state index contributed by atoms with van der Waals surface area (Å²) in [6.45, 7) is 0.718. The van der Waals surface area contributed by atoms with Crippen molar-refractivity contribution >= 4 is 17.2 Å². The molecule has 5 nitrogen and oxygen atoms in total. The molecule has 3 rings (SSSR count). The van der Waals surface area contributed by atoms with E-state index in [1.54, 1.807) is 25.5 Å². The Morgan fingerprint density at radius 1 is 1.46 bits per heavy atom. The van der Waals surface area contributed by atoms with Gasteiger partial charge in [-0.1, -0.05) is 12.8 Å². The maximum atomic E-state index is 13.0. The number of likely N-dealkylation sites (tertiary alicyclic amines) is 1. The van der Waals surface area contributed by atoms with Crippen molar-refractivity contribution in [1.29, 1.82) is 0 Å². The monoisotopic (exact) mass is 349 g/mol. The van der Waals surface area contributed by atoms with Crippen LogP contribution in [0.4, 0.5) is 0 Å². The van der Waals surface area contributed by atoms with Crippen LogP contribution in [0.15, 0.2) is 34.3 Å². The average Bonchev–Trinajstić information content (AvgIpc) is 3.23. The Bertz CT molecular complexity index is 652. The molecule has 24 heavy (non-hydrogen) atoms. The van der Waals surface area contributed by atoms with E-state index in [-0.39, 0.29) is 11.9 Å². The highest BCUT2D eigenvalue weighted by Gasteiger charge is 2.31. The summed E-state index contributed by atoms with van der Waals surface area (Å²) < 4.78 is 10.6. The molecule has 1 saturated heterocycles. The first-order valence-electron chi connectivity index (χ1n) is 8.34. The number of thiophene rings is 1. The van der Waals surface area contributed by atoms with Crippen LogP contribution in [0.25, 0.3) is 0 Å². The molecule has 0 radical (unpaired) electrons. The molecule has 3 heterocycles. The Morgan fingerprint density at radius 3 is 3.08 bits per heavy atom. The zero-order chi connectivity index (χ0) is 16.9. The van der Waals surface area contributed by atoms with Gasteiger partial charge in [0.05, 0.1) is 13.4 Å². The lowest BCUT2D eigenvalue weighted by Gasteiger charge is -2.31. The van der Waals surface area contributed by atoms with Gasteiger partial charge in [0.25, 0.3) is 5.91 Å². The van der Waals surface area contributed by atoms with Gasteiger partial charge in [-0.15, -0.1) is 11.3 Å². The predicted octanol–water partition coefficient (Wildman–Crippen LogP) is 3.86. The predicted molar refractivity (Wildman–Crippen MR) is 92.4 cm³/mol. The molecular formula is C18H23NO4S. The first-order valence-corrected chi connectivity index (χ1v) is 9.22. The molecule has 1 amide bonds. The van der Waals surface area contributed by atoms with Crippen molar-refractivity contribution in [1.82, 2.24) is 4.90 Å². The Kier molecular flexibility index (Phi) is 5.58. The highest BCUT2D eigenvalue weighted by atomic mass is 32.1. The minimum absolute atomic E-state index is 0.000366. The number of aliphatic hydroxyl groups is 1. The topological polar surface area (TPSA) is 62.9 Å². The minimum Gasteiger partial charge on any atom is -0.495 e. The second kappa shape index (κ2) is 7.85. The van der Waals surface area contributed by atoms with Crippen LogP contribution in [0.2, 0.25) is 0 Å². The molecule has 1 aliphatic rings. The van der Waals surface area contributed by atoms with E-state index in [1.807, 2.05) is 16.3 Å². The zero-order valence-corrected chi connectivity index (χ0v) is 14.6. The van der Waals surface area contributed by atoms with Gasteiger partial charge in [0.1, 0.15) is 22.5 Å². The molecule has 0 spiro atoms. The van der Waals surface area contributed by atoms with Gasteiger partial charge in [-0.2, -0.15) is 0 Å². The lowest BCUT2D eigenvalue weighted by molar-refractivity contribution is 0.0559. The number of nitrogens with zero attached hydrogens (tertiary/aromatic N) is 1. The fraction of sp³-hybridized carbons (Fsp3) is 0.500. The van der Waals surface area contributed by atoms with Crippen LogP contribution in [-0.4, -0.2) is 35.6 Å². The van der Waals surface area contributed by atoms with E-state index in [0.717, 1.165) is 32.2 Å². The number of carbonyl (C=O) groups is 1. The third-order valence-corrected chi connectivity index (χ3v) is 5.43. The summed E-state index contributed by atoms with van der Waals surface area (Å²) in [6.07, 6.45) is 5.44. The number of furan rings is 1. The summed E-state index contributed by atoms with van der Waals surface area (Å²) in [5.41, 5.74) is 0. The van der Waals surface area contributed by atoms with Gasteiger partial charge >= 0.3 is 0 Å². The van der Waals surface area contributed by atoms with Gasteiger partial charge < -0.3 is 19.2 Å². The molecule has 0 saturated carbocycles. The van der Waals surface area contributed by atoms with E-state index in [4.69, 9.17) is 9.15 Å². The van der Waals surface area contributed by atoms with E-state index >= 15 is 0 Å². The van der Waals surface area contributed by atoms with E-state index in [2.05, 4.69) is 0 Å². The summed E-state index contributed by atoms with van der Waals surface area (Å²) in [7, 11) is 1.58. The standard InChI is InChI=1S/C18H23NO4S/c1-22-16-8-11-24-17(16)18(21)19-9-4-2-3-6-13(19)12-14(20)15-7-5-10-23-15/h5,7-8,10-11,13-14,20H,2-4,6,9,12H2,1H3/t13-,14-/m0/s1. The lowest BCUT2D eigenvalue weighted by atomic mass is 10.0. The summed E-state index contributed by atoms with van der Waals surface area (Å²) in [4.78, 5) is 15.6. The second-order valence-corrected chi connectivity index (χ2v) is 7.00. The van der Waals surface area contributed by atoms with Crippen molar-refractivity contribution in [3.8, 4) is 5.75 Å². The maximum absolute atomic E-state index is 13.0. The Morgan fingerprint density at radius 2 is 2.33 bits per heavy atom. The van der Waals surface area contributed by atoms with Gasteiger partial charge in [0.15, 0.2) is 0 Å². The number of hydrogen-bond acceptors (Lipinski definition) is 5. The number of hydrogen-bond donors (Lipinski definition) is 1. The quantitative estimate of drug-likeness (QED) is 0.890. The van der Waals surface area contributed by atoms with Crippen molar-refractivity contribution in [2.75, 3.05) is 13.7 Å². The van der Waals surface area contributed by atoms with Crippen LogP contribution < -0.4 is 4.74 Å². The molecule has 0 unspecified atom stereocenters. The van der Waals surface area contributed by atoms with Crippen LogP contribution in [0.3, 0.4) is 0 Å². The number of methoxy groups -OCH3 is 1. The van der Waals surface area contributed by atoms with Crippen LogP contribution in [-0.2, 0) is 0 Å². The molecule has 6 heteroatoms. The van der Waals surface area contributed by atoms with E-state index in [0.29, 0.717) is 22.8 Å². The fourth-order valence-corrected chi connectivity index (χ4v) is 4.10. The van der Waals surface area contributed by atoms with Crippen molar-refractivity contribution in [2.45, 2.75) is 44.2 Å². The minimum atomic E-state index is -0.691. The van der Waals surface area contributed by atoms with Gasteiger partial charge in [-0.05, 0) is 36.4 Å². The number of carbonyl (C=O) groups excluding carboxylic acids is 1. The molecule has 130 valence electrons. The summed E-state index contributed by atoms with van der Waals surface area (Å²) in [6, 6.07) is 5.37. The molecule has 1 fully saturated rings. The summed E-state index contributed by atoms with van der Waals surface area (Å²) in [5, 5.41) is 12.3. The molecule has 0 aromatic carbocycles. The van der Waals surface area contributed by atoms with Crippen molar-refractivity contribution < 1.29 is 19.1 Å². The molecule has 0 aliphatic carbocycles. The molecule has 2 aromatic heterocycles. The largest absolute Gasteiger partial charge is 0.495 e. The van der Waals surface area contributed by atoms with Gasteiger partial charge in [-0.3, -0.25) is 4.79 Å². The van der Waals surface area contributed by atoms with Crippen LogP contribution in [0.5, 0.6) is 5.75 Å². The van der Waals surface area contributed by atoms with Crippen molar-refractivity contribution in [2.24, 2.45) is 0 Å². The smallest absolute Gasteiger partial charge is 0.267 e. The summed E-state index contributed by atoms with van der Waals surface area (Å²) >= 11 is 1.40. The summed E-state index contributed by atoms with van der Waals surface area (Å²) in [5.74, 6) is 1.18. The average molecular weight is 349 g/mol. The van der Waals surface area contributed by atoms with Gasteiger partial charge in [-0.25, -0.2) is 0 Å². The number of aliphatic hydroxyl groups excluding tert-OH is 1. The maximum Gasteiger partial charge on any atom is 0.267 e. The third-order valence-electron chi connectivity index (χ3n) is 4.55. The molecule has 0 bridgehead atoms. The number of ether oxygens (including phenoxy) is 1. The highest BCUT2D eigenvalue weighted by Crippen LogP contribution is 2.31. The third kappa shape index (κ3) is 3.65.